The number of halogens is 3. The standard InChI is InChI=1S/C24H25F3N4O3S/c1-14-8-15(10-16(9-14)30-21-28-7-4-18(31-21)24(25,26)27)17-12-29-20(35-17)23(34)6-3-5-22(2,13-23)11-19(32)33/h4,7-10,12,34H,3,5-6,11,13H2,1-2H3,(H,32,33)(H,28,30,31)/t22?,23-/m1/s1. The average Bonchev–Trinajstić information content (AvgIpc) is 3.23. The Labute approximate surface area is 204 Å². The van der Waals surface area contributed by atoms with Crippen LogP contribution >= 0.6 is 11.3 Å². The van der Waals surface area contributed by atoms with E-state index in [0.29, 0.717) is 30.0 Å². The third-order valence-electron chi connectivity index (χ3n) is 6.14. The normalized spacial score (nSPS) is 22.7. The number of carbonyl (C=O) groups is 1. The first-order valence-corrected chi connectivity index (χ1v) is 11.9. The van der Waals surface area contributed by atoms with Gasteiger partial charge in [0.2, 0.25) is 5.95 Å². The molecule has 1 fully saturated rings. The minimum Gasteiger partial charge on any atom is -0.481 e. The van der Waals surface area contributed by atoms with Crippen molar-refractivity contribution in [3.05, 3.63) is 52.9 Å². The Kier molecular flexibility index (Phi) is 6.58. The molecule has 4 rings (SSSR count). The van der Waals surface area contributed by atoms with Gasteiger partial charge in [-0.25, -0.2) is 15.0 Å². The van der Waals surface area contributed by atoms with Crippen LogP contribution in [0.1, 0.15) is 55.3 Å². The van der Waals surface area contributed by atoms with Gasteiger partial charge in [-0.05, 0) is 67.3 Å². The summed E-state index contributed by atoms with van der Waals surface area (Å²) in [4.78, 5) is 24.0. The summed E-state index contributed by atoms with van der Waals surface area (Å²) in [7, 11) is 0. The lowest BCUT2D eigenvalue weighted by atomic mass is 9.67. The number of carboxylic acid groups (broad SMARTS) is 1. The maximum Gasteiger partial charge on any atom is 0.433 e. The van der Waals surface area contributed by atoms with Gasteiger partial charge < -0.3 is 15.5 Å². The maximum absolute atomic E-state index is 13.0. The van der Waals surface area contributed by atoms with Crippen molar-refractivity contribution in [1.29, 1.82) is 0 Å². The summed E-state index contributed by atoms with van der Waals surface area (Å²) in [6, 6.07) is 6.24. The van der Waals surface area contributed by atoms with Crippen LogP contribution in [0, 0.1) is 12.3 Å². The summed E-state index contributed by atoms with van der Waals surface area (Å²) in [5.41, 5.74) is -0.614. The van der Waals surface area contributed by atoms with Crippen LogP contribution in [-0.4, -0.2) is 31.1 Å². The molecule has 3 aromatic rings. The number of anilines is 2. The molecule has 0 saturated heterocycles. The van der Waals surface area contributed by atoms with E-state index in [9.17, 15) is 28.2 Å². The number of thiazole rings is 1. The molecule has 0 spiro atoms. The van der Waals surface area contributed by atoms with E-state index in [-0.39, 0.29) is 12.4 Å². The molecule has 0 aliphatic heterocycles. The van der Waals surface area contributed by atoms with Crippen molar-refractivity contribution in [1.82, 2.24) is 15.0 Å². The van der Waals surface area contributed by atoms with Gasteiger partial charge in [0.05, 0.1) is 11.3 Å². The van der Waals surface area contributed by atoms with Crippen molar-refractivity contribution < 1.29 is 28.2 Å². The number of nitrogens with one attached hydrogen (secondary N) is 1. The molecule has 0 amide bonds. The van der Waals surface area contributed by atoms with Gasteiger partial charge in [-0.3, -0.25) is 4.79 Å². The van der Waals surface area contributed by atoms with Gasteiger partial charge >= 0.3 is 12.1 Å². The van der Waals surface area contributed by atoms with Crippen molar-refractivity contribution in [3.63, 3.8) is 0 Å². The van der Waals surface area contributed by atoms with Crippen LogP contribution in [0.25, 0.3) is 10.4 Å². The molecule has 1 aliphatic rings. The van der Waals surface area contributed by atoms with Crippen molar-refractivity contribution in [2.45, 2.75) is 57.7 Å². The average molecular weight is 507 g/mol. The fraction of sp³-hybridized carbons (Fsp3) is 0.417. The van der Waals surface area contributed by atoms with Crippen LogP contribution in [0.2, 0.25) is 0 Å². The van der Waals surface area contributed by atoms with Crippen LogP contribution in [0.15, 0.2) is 36.7 Å². The Morgan fingerprint density at radius 3 is 2.71 bits per heavy atom. The first kappa shape index (κ1) is 25.1. The Hall–Kier alpha value is -3.05. The number of aryl methyl sites for hydroxylation is 1. The van der Waals surface area contributed by atoms with Gasteiger partial charge in [-0.1, -0.05) is 13.0 Å². The highest BCUT2D eigenvalue weighted by atomic mass is 32.1. The SMILES string of the molecule is Cc1cc(Nc2nccc(C(F)(F)F)n2)cc(-c2cnc([C@@]3(O)CCCC(C)(CC(=O)O)C3)s2)c1. The molecule has 11 heteroatoms. The fourth-order valence-electron chi connectivity index (χ4n) is 4.72. The smallest absolute Gasteiger partial charge is 0.433 e. The van der Waals surface area contributed by atoms with Crippen molar-refractivity contribution in [2.24, 2.45) is 5.41 Å². The Morgan fingerprint density at radius 1 is 1.23 bits per heavy atom. The summed E-state index contributed by atoms with van der Waals surface area (Å²) in [6.45, 7) is 3.74. The lowest BCUT2D eigenvalue weighted by Gasteiger charge is -2.41. The molecule has 186 valence electrons. The minimum atomic E-state index is -4.57. The van der Waals surface area contributed by atoms with Crippen LogP contribution in [0.5, 0.6) is 0 Å². The van der Waals surface area contributed by atoms with Gasteiger partial charge in [0.15, 0.2) is 0 Å². The predicted octanol–water partition coefficient (Wildman–Crippen LogP) is 5.91. The van der Waals surface area contributed by atoms with E-state index in [1.54, 1.807) is 18.3 Å². The molecule has 2 heterocycles. The van der Waals surface area contributed by atoms with Crippen LogP contribution < -0.4 is 5.32 Å². The number of hydrogen-bond donors (Lipinski definition) is 3. The molecule has 1 saturated carbocycles. The number of alkyl halides is 3. The molecule has 3 N–H and O–H groups in total. The van der Waals surface area contributed by atoms with Crippen molar-refractivity contribution >= 4 is 28.9 Å². The molecule has 2 aromatic heterocycles. The number of rotatable bonds is 6. The first-order valence-electron chi connectivity index (χ1n) is 11.1. The quantitative estimate of drug-likeness (QED) is 0.381. The van der Waals surface area contributed by atoms with E-state index in [2.05, 4.69) is 20.3 Å². The number of aliphatic carboxylic acids is 1. The minimum absolute atomic E-state index is 0.0158. The largest absolute Gasteiger partial charge is 0.481 e. The number of hydrogen-bond acceptors (Lipinski definition) is 7. The van der Waals surface area contributed by atoms with E-state index in [1.165, 1.54) is 11.3 Å². The Balaban J connectivity index is 1.59. The molecule has 35 heavy (non-hydrogen) atoms. The molecular weight excluding hydrogens is 481 g/mol. The highest BCUT2D eigenvalue weighted by Gasteiger charge is 2.45. The van der Waals surface area contributed by atoms with E-state index >= 15 is 0 Å². The van der Waals surface area contributed by atoms with Crippen LogP contribution in [-0.2, 0) is 16.6 Å². The number of aliphatic hydroxyl groups is 1. The molecule has 1 unspecified atom stereocenters. The summed E-state index contributed by atoms with van der Waals surface area (Å²) in [6.07, 6.45) is 0.354. The highest BCUT2D eigenvalue weighted by molar-refractivity contribution is 7.15. The summed E-state index contributed by atoms with van der Waals surface area (Å²) in [5, 5.41) is 24.0. The fourth-order valence-corrected chi connectivity index (χ4v) is 5.73. The van der Waals surface area contributed by atoms with Gasteiger partial charge in [0.1, 0.15) is 16.3 Å². The molecule has 0 radical (unpaired) electrons. The van der Waals surface area contributed by atoms with Gasteiger partial charge in [-0.15, -0.1) is 11.3 Å². The summed E-state index contributed by atoms with van der Waals surface area (Å²) >= 11 is 1.32. The molecule has 7 nitrogen and oxygen atoms in total. The van der Waals surface area contributed by atoms with E-state index < -0.39 is 28.9 Å². The summed E-state index contributed by atoms with van der Waals surface area (Å²) < 4.78 is 38.9. The third-order valence-corrected chi connectivity index (χ3v) is 7.38. The van der Waals surface area contributed by atoms with Crippen LogP contribution in [0.3, 0.4) is 0 Å². The Morgan fingerprint density at radius 2 is 2.00 bits per heavy atom. The zero-order valence-electron chi connectivity index (χ0n) is 19.2. The van der Waals surface area contributed by atoms with E-state index in [0.717, 1.165) is 34.7 Å². The summed E-state index contributed by atoms with van der Waals surface area (Å²) in [5.74, 6) is -1.06. The number of benzene rings is 1. The van der Waals surface area contributed by atoms with E-state index in [1.807, 2.05) is 19.9 Å². The number of aromatic nitrogens is 3. The van der Waals surface area contributed by atoms with E-state index in [4.69, 9.17) is 0 Å². The van der Waals surface area contributed by atoms with Gasteiger partial charge in [0, 0.05) is 18.1 Å². The van der Waals surface area contributed by atoms with Crippen molar-refractivity contribution in [2.75, 3.05) is 5.32 Å². The monoisotopic (exact) mass is 506 g/mol. The molecule has 0 bridgehead atoms. The molecular formula is C24H25F3N4O3S. The second kappa shape index (κ2) is 9.19. The highest BCUT2D eigenvalue weighted by Crippen LogP contribution is 2.49. The second-order valence-corrected chi connectivity index (χ2v) is 10.5. The lowest BCUT2D eigenvalue weighted by Crippen LogP contribution is -2.39. The number of nitrogens with zero attached hydrogens (tertiary/aromatic N) is 3. The second-order valence-electron chi connectivity index (χ2n) is 9.45. The van der Waals surface area contributed by atoms with Gasteiger partial charge in [0.25, 0.3) is 0 Å². The molecule has 1 aliphatic carbocycles. The third kappa shape index (κ3) is 5.79. The van der Waals surface area contributed by atoms with Gasteiger partial charge in [-0.2, -0.15) is 13.2 Å². The van der Waals surface area contributed by atoms with Crippen molar-refractivity contribution in [3.8, 4) is 10.4 Å². The zero-order valence-corrected chi connectivity index (χ0v) is 20.0. The zero-order chi connectivity index (χ0) is 25.4. The lowest BCUT2D eigenvalue weighted by molar-refractivity contribution is -0.142. The maximum atomic E-state index is 13.0. The first-order chi connectivity index (χ1) is 16.4. The Bertz CT molecular complexity index is 1250. The number of carboxylic acids is 1. The molecule has 1 aromatic carbocycles. The molecule has 2 atom stereocenters. The van der Waals surface area contributed by atoms with Crippen LogP contribution in [0.4, 0.5) is 24.8 Å². The topological polar surface area (TPSA) is 108 Å². The predicted molar refractivity (Wildman–Crippen MR) is 125 cm³/mol.